The third kappa shape index (κ3) is 5.09. The topological polar surface area (TPSA) is 75.3 Å². The highest BCUT2D eigenvalue weighted by molar-refractivity contribution is 7.92. The van der Waals surface area contributed by atoms with Crippen molar-refractivity contribution in [1.29, 1.82) is 0 Å². The molecule has 0 bridgehead atoms. The molecule has 0 unspecified atom stereocenters. The minimum Gasteiger partial charge on any atom is -0.322 e. The number of sulfonamides is 1. The van der Waals surface area contributed by atoms with Crippen LogP contribution in [0.15, 0.2) is 42.5 Å². The molecule has 6 heteroatoms. The molecule has 1 amide bonds. The maximum Gasteiger partial charge on any atom is 0.255 e. The van der Waals surface area contributed by atoms with E-state index in [2.05, 4.69) is 10.0 Å². The minimum absolute atomic E-state index is 0.0476. The van der Waals surface area contributed by atoms with Gasteiger partial charge in [0, 0.05) is 16.9 Å². The van der Waals surface area contributed by atoms with Crippen molar-refractivity contribution in [2.45, 2.75) is 27.2 Å². The van der Waals surface area contributed by atoms with Crippen molar-refractivity contribution >= 4 is 27.3 Å². The quantitative estimate of drug-likeness (QED) is 0.837. The number of carbonyl (C=O) groups excluding carboxylic acids is 1. The van der Waals surface area contributed by atoms with Gasteiger partial charge in [0.1, 0.15) is 0 Å². The van der Waals surface area contributed by atoms with Gasteiger partial charge in [-0.2, -0.15) is 0 Å². The molecular formula is C18H22N2O3S. The van der Waals surface area contributed by atoms with Crippen LogP contribution in [0.4, 0.5) is 11.4 Å². The molecule has 0 aliphatic heterocycles. The summed E-state index contributed by atoms with van der Waals surface area (Å²) in [5.41, 5.74) is 3.62. The highest BCUT2D eigenvalue weighted by Crippen LogP contribution is 2.17. The number of hydrogen-bond donors (Lipinski definition) is 2. The lowest BCUT2D eigenvalue weighted by Gasteiger charge is -2.10. The molecule has 2 aromatic rings. The van der Waals surface area contributed by atoms with Gasteiger partial charge in [0.05, 0.1) is 5.75 Å². The Balaban J connectivity index is 2.17. The molecule has 128 valence electrons. The summed E-state index contributed by atoms with van der Waals surface area (Å²) < 4.78 is 26.2. The van der Waals surface area contributed by atoms with Crippen molar-refractivity contribution in [3.05, 3.63) is 59.2 Å². The zero-order valence-electron chi connectivity index (χ0n) is 14.1. The normalized spacial score (nSPS) is 11.1. The lowest BCUT2D eigenvalue weighted by Crippen LogP contribution is -2.17. The number of benzene rings is 2. The van der Waals surface area contributed by atoms with Crippen LogP contribution >= 0.6 is 0 Å². The van der Waals surface area contributed by atoms with Crippen molar-refractivity contribution < 1.29 is 13.2 Å². The third-order valence-electron chi connectivity index (χ3n) is 3.35. The van der Waals surface area contributed by atoms with E-state index in [9.17, 15) is 13.2 Å². The molecular weight excluding hydrogens is 324 g/mol. The predicted octanol–water partition coefficient (Wildman–Crippen LogP) is 3.71. The number of rotatable bonds is 6. The van der Waals surface area contributed by atoms with Gasteiger partial charge < -0.3 is 5.32 Å². The monoisotopic (exact) mass is 346 g/mol. The molecule has 24 heavy (non-hydrogen) atoms. The van der Waals surface area contributed by atoms with Crippen molar-refractivity contribution in [2.75, 3.05) is 15.8 Å². The first-order chi connectivity index (χ1) is 11.3. The average Bonchev–Trinajstić information content (AvgIpc) is 2.45. The van der Waals surface area contributed by atoms with Gasteiger partial charge in [-0.3, -0.25) is 9.52 Å². The van der Waals surface area contributed by atoms with E-state index in [1.165, 1.54) is 6.07 Å². The van der Waals surface area contributed by atoms with Crippen LogP contribution in [0.2, 0.25) is 0 Å². The molecule has 0 atom stereocenters. The smallest absolute Gasteiger partial charge is 0.255 e. The number of anilines is 2. The van der Waals surface area contributed by atoms with E-state index < -0.39 is 10.0 Å². The SMILES string of the molecule is CCCS(=O)(=O)Nc1cccc(C(=O)Nc2cc(C)cc(C)c2)c1. The Morgan fingerprint density at radius 2 is 1.67 bits per heavy atom. The van der Waals surface area contributed by atoms with Gasteiger partial charge in [-0.25, -0.2) is 8.42 Å². The van der Waals surface area contributed by atoms with Crippen molar-refractivity contribution in [2.24, 2.45) is 0 Å². The Kier molecular flexibility index (Phi) is 5.62. The largest absolute Gasteiger partial charge is 0.322 e. The van der Waals surface area contributed by atoms with Crippen molar-refractivity contribution in [3.63, 3.8) is 0 Å². The van der Waals surface area contributed by atoms with Crippen molar-refractivity contribution in [3.8, 4) is 0 Å². The molecule has 0 heterocycles. The molecule has 0 aromatic heterocycles. The molecule has 2 rings (SSSR count). The fourth-order valence-electron chi connectivity index (χ4n) is 2.47. The molecule has 2 N–H and O–H groups in total. The summed E-state index contributed by atoms with van der Waals surface area (Å²) in [6.45, 7) is 5.73. The number of hydrogen-bond acceptors (Lipinski definition) is 3. The number of aryl methyl sites for hydroxylation is 2. The Bertz CT molecular complexity index is 825. The van der Waals surface area contributed by atoms with Crippen LogP contribution in [0, 0.1) is 13.8 Å². The van der Waals surface area contributed by atoms with Crippen LogP contribution in [0.5, 0.6) is 0 Å². The zero-order valence-corrected chi connectivity index (χ0v) is 14.9. The first kappa shape index (κ1) is 18.0. The summed E-state index contributed by atoms with van der Waals surface area (Å²) in [5.74, 6) is -0.233. The second-order valence-electron chi connectivity index (χ2n) is 5.83. The van der Waals surface area contributed by atoms with E-state index in [1.807, 2.05) is 32.0 Å². The van der Waals surface area contributed by atoms with E-state index in [4.69, 9.17) is 0 Å². The van der Waals surface area contributed by atoms with E-state index in [0.717, 1.165) is 16.8 Å². The molecule has 5 nitrogen and oxygen atoms in total. The van der Waals surface area contributed by atoms with Crippen LogP contribution < -0.4 is 10.0 Å². The average molecular weight is 346 g/mol. The summed E-state index contributed by atoms with van der Waals surface area (Å²) in [4.78, 5) is 12.4. The molecule has 0 fully saturated rings. The molecule has 0 saturated heterocycles. The first-order valence-corrected chi connectivity index (χ1v) is 9.44. The predicted molar refractivity (Wildman–Crippen MR) is 98.0 cm³/mol. The lowest BCUT2D eigenvalue weighted by molar-refractivity contribution is 0.102. The molecule has 0 aliphatic rings. The fourth-order valence-corrected chi connectivity index (χ4v) is 3.60. The van der Waals surface area contributed by atoms with Crippen LogP contribution in [0.3, 0.4) is 0 Å². The number of nitrogens with one attached hydrogen (secondary N) is 2. The number of carbonyl (C=O) groups is 1. The van der Waals surface area contributed by atoms with Crippen LogP contribution in [0.25, 0.3) is 0 Å². The maximum atomic E-state index is 12.4. The van der Waals surface area contributed by atoms with Gasteiger partial charge in [-0.05, 0) is 61.7 Å². The molecule has 2 aromatic carbocycles. The summed E-state index contributed by atoms with van der Waals surface area (Å²) in [6.07, 6.45) is 0.530. The van der Waals surface area contributed by atoms with Gasteiger partial charge in [0.25, 0.3) is 5.91 Å². The maximum absolute atomic E-state index is 12.4. The Hall–Kier alpha value is -2.34. The summed E-state index contributed by atoms with van der Waals surface area (Å²) in [6, 6.07) is 12.3. The molecule has 0 radical (unpaired) electrons. The third-order valence-corrected chi connectivity index (χ3v) is 4.84. The summed E-state index contributed by atoms with van der Waals surface area (Å²) in [7, 11) is -3.38. The Morgan fingerprint density at radius 3 is 2.29 bits per heavy atom. The van der Waals surface area contributed by atoms with E-state index in [1.54, 1.807) is 25.1 Å². The second-order valence-corrected chi connectivity index (χ2v) is 7.67. The van der Waals surface area contributed by atoms with E-state index in [-0.39, 0.29) is 11.7 Å². The Morgan fingerprint density at radius 1 is 1.00 bits per heavy atom. The number of amides is 1. The fraction of sp³-hybridized carbons (Fsp3) is 0.278. The van der Waals surface area contributed by atoms with Gasteiger partial charge in [-0.15, -0.1) is 0 Å². The highest BCUT2D eigenvalue weighted by Gasteiger charge is 2.11. The summed E-state index contributed by atoms with van der Waals surface area (Å²) >= 11 is 0. The molecule has 0 spiro atoms. The van der Waals surface area contributed by atoms with Gasteiger partial charge in [0.15, 0.2) is 0 Å². The van der Waals surface area contributed by atoms with E-state index in [0.29, 0.717) is 17.7 Å². The lowest BCUT2D eigenvalue weighted by atomic mass is 10.1. The minimum atomic E-state index is -3.38. The molecule has 0 aliphatic carbocycles. The van der Waals surface area contributed by atoms with Gasteiger partial charge >= 0.3 is 0 Å². The standard InChI is InChI=1S/C18H22N2O3S/c1-4-8-24(22,23)20-16-7-5-6-15(12-16)18(21)19-17-10-13(2)9-14(3)11-17/h5-7,9-12,20H,4,8H2,1-3H3,(H,19,21). The van der Waals surface area contributed by atoms with E-state index >= 15 is 0 Å². The van der Waals surface area contributed by atoms with Crippen LogP contribution in [0.1, 0.15) is 34.8 Å². The molecule has 0 saturated carbocycles. The van der Waals surface area contributed by atoms with Crippen LogP contribution in [-0.4, -0.2) is 20.1 Å². The van der Waals surface area contributed by atoms with Gasteiger partial charge in [0.2, 0.25) is 10.0 Å². The van der Waals surface area contributed by atoms with Crippen molar-refractivity contribution in [1.82, 2.24) is 0 Å². The van der Waals surface area contributed by atoms with Gasteiger partial charge in [-0.1, -0.05) is 19.1 Å². The second kappa shape index (κ2) is 7.49. The first-order valence-electron chi connectivity index (χ1n) is 7.79. The Labute approximate surface area is 143 Å². The summed E-state index contributed by atoms with van der Waals surface area (Å²) in [5, 5.41) is 2.84. The van der Waals surface area contributed by atoms with Crippen LogP contribution in [-0.2, 0) is 10.0 Å². The highest BCUT2D eigenvalue weighted by atomic mass is 32.2. The zero-order chi connectivity index (χ0) is 17.7.